The number of nitrogens with one attached hydrogen (secondary N) is 1. The lowest BCUT2D eigenvalue weighted by Gasteiger charge is -2.50. The van der Waals surface area contributed by atoms with E-state index in [2.05, 4.69) is 58.9 Å². The Kier molecular flexibility index (Phi) is 6.53. The van der Waals surface area contributed by atoms with Gasteiger partial charge in [0, 0.05) is 11.6 Å². The van der Waals surface area contributed by atoms with E-state index in [4.69, 9.17) is 0 Å². The molecule has 1 N–H and O–H groups in total. The zero-order chi connectivity index (χ0) is 15.4. The predicted molar refractivity (Wildman–Crippen MR) is 90.2 cm³/mol. The van der Waals surface area contributed by atoms with Crippen molar-refractivity contribution in [2.24, 2.45) is 11.3 Å². The molecule has 0 spiro atoms. The van der Waals surface area contributed by atoms with Crippen molar-refractivity contribution >= 4 is 0 Å². The van der Waals surface area contributed by atoms with Gasteiger partial charge in [0.25, 0.3) is 0 Å². The Morgan fingerprint density at radius 1 is 1.20 bits per heavy atom. The van der Waals surface area contributed by atoms with Crippen LogP contribution in [-0.2, 0) is 0 Å². The Labute approximate surface area is 127 Å². The molecule has 1 unspecified atom stereocenters. The minimum atomic E-state index is 0.369. The summed E-state index contributed by atoms with van der Waals surface area (Å²) in [6.07, 6.45) is 8.07. The maximum atomic E-state index is 3.82. The molecule has 0 amide bonds. The lowest BCUT2D eigenvalue weighted by Crippen LogP contribution is -2.60. The van der Waals surface area contributed by atoms with Gasteiger partial charge in [0.05, 0.1) is 0 Å². The molecule has 0 bridgehead atoms. The van der Waals surface area contributed by atoms with Crippen LogP contribution in [0.25, 0.3) is 0 Å². The molecule has 1 rings (SSSR count). The maximum Gasteiger partial charge on any atom is 0.0356 e. The smallest absolute Gasteiger partial charge is 0.0356 e. The first-order chi connectivity index (χ1) is 9.21. The summed E-state index contributed by atoms with van der Waals surface area (Å²) >= 11 is 0. The van der Waals surface area contributed by atoms with E-state index in [1.54, 1.807) is 0 Å². The summed E-state index contributed by atoms with van der Waals surface area (Å²) in [6.45, 7) is 12.8. The SMILES string of the molecule is CCNC(CCC(C)(C)C)C1(N(C)C)CCC(C)CC1. The molecular formula is C18H38N2. The van der Waals surface area contributed by atoms with Gasteiger partial charge in [-0.3, -0.25) is 0 Å². The minimum Gasteiger partial charge on any atom is -0.312 e. The Hall–Kier alpha value is -0.0800. The standard InChI is InChI=1S/C18H38N2/c1-8-19-16(11-12-17(3,4)5)18(20(6)7)13-9-15(2)10-14-18/h15-16,19H,8-14H2,1-7H3. The molecule has 20 heavy (non-hydrogen) atoms. The van der Waals surface area contributed by atoms with Crippen LogP contribution in [0.2, 0.25) is 0 Å². The van der Waals surface area contributed by atoms with Gasteiger partial charge in [0.2, 0.25) is 0 Å². The second-order valence-corrected chi connectivity index (χ2v) is 8.39. The lowest BCUT2D eigenvalue weighted by molar-refractivity contribution is 0.0370. The Balaban J connectivity index is 2.83. The number of hydrogen-bond acceptors (Lipinski definition) is 2. The van der Waals surface area contributed by atoms with Gasteiger partial charge in [-0.15, -0.1) is 0 Å². The Bertz CT molecular complexity index is 270. The molecule has 0 aromatic carbocycles. The minimum absolute atomic E-state index is 0.369. The van der Waals surface area contributed by atoms with Crippen LogP contribution < -0.4 is 5.32 Å². The molecule has 120 valence electrons. The zero-order valence-corrected chi connectivity index (χ0v) is 15.1. The van der Waals surface area contributed by atoms with Crippen LogP contribution in [0.1, 0.15) is 73.1 Å². The zero-order valence-electron chi connectivity index (χ0n) is 15.1. The van der Waals surface area contributed by atoms with Crippen molar-refractivity contribution in [2.75, 3.05) is 20.6 Å². The molecule has 1 atom stereocenters. The summed E-state index contributed by atoms with van der Waals surface area (Å²) in [7, 11) is 4.58. The second-order valence-electron chi connectivity index (χ2n) is 8.39. The van der Waals surface area contributed by atoms with Crippen molar-refractivity contribution in [3.05, 3.63) is 0 Å². The summed E-state index contributed by atoms with van der Waals surface area (Å²) in [5.41, 5.74) is 0.802. The lowest BCUT2D eigenvalue weighted by atomic mass is 9.70. The van der Waals surface area contributed by atoms with Gasteiger partial charge in [0.1, 0.15) is 0 Å². The molecule has 0 saturated heterocycles. The van der Waals surface area contributed by atoms with Gasteiger partial charge in [-0.25, -0.2) is 0 Å². The van der Waals surface area contributed by atoms with E-state index in [9.17, 15) is 0 Å². The van der Waals surface area contributed by atoms with Gasteiger partial charge in [-0.05, 0) is 70.5 Å². The third kappa shape index (κ3) is 4.73. The van der Waals surface area contributed by atoms with Crippen LogP contribution in [0.4, 0.5) is 0 Å². The normalized spacial score (nSPS) is 29.7. The number of likely N-dealkylation sites (N-methyl/N-ethyl adjacent to an activating group) is 2. The summed E-state index contributed by atoms with van der Waals surface area (Å²) in [5.74, 6) is 0.910. The first kappa shape index (κ1) is 18.0. The van der Waals surface area contributed by atoms with E-state index in [1.807, 2.05) is 0 Å². The van der Waals surface area contributed by atoms with Crippen molar-refractivity contribution in [3.8, 4) is 0 Å². The van der Waals surface area contributed by atoms with Crippen LogP contribution in [0.3, 0.4) is 0 Å². The summed E-state index contributed by atoms with van der Waals surface area (Å²) < 4.78 is 0. The fraction of sp³-hybridized carbons (Fsp3) is 1.00. The molecule has 0 aliphatic heterocycles. The molecule has 1 aliphatic rings. The summed E-state index contributed by atoms with van der Waals surface area (Å²) in [5, 5.41) is 3.82. The van der Waals surface area contributed by atoms with Crippen molar-refractivity contribution in [1.29, 1.82) is 0 Å². The Morgan fingerprint density at radius 3 is 2.15 bits per heavy atom. The average Bonchev–Trinajstić information content (AvgIpc) is 2.34. The molecular weight excluding hydrogens is 244 g/mol. The highest BCUT2D eigenvalue weighted by Crippen LogP contribution is 2.40. The fourth-order valence-electron chi connectivity index (χ4n) is 3.75. The number of hydrogen-bond donors (Lipinski definition) is 1. The van der Waals surface area contributed by atoms with E-state index >= 15 is 0 Å². The first-order valence-corrected chi connectivity index (χ1v) is 8.62. The van der Waals surface area contributed by atoms with Crippen molar-refractivity contribution in [1.82, 2.24) is 10.2 Å². The van der Waals surface area contributed by atoms with Gasteiger partial charge in [0.15, 0.2) is 0 Å². The van der Waals surface area contributed by atoms with Gasteiger partial charge in [-0.2, -0.15) is 0 Å². The molecule has 2 heteroatoms. The second kappa shape index (κ2) is 7.26. The maximum absolute atomic E-state index is 3.82. The van der Waals surface area contributed by atoms with Crippen molar-refractivity contribution in [2.45, 2.75) is 84.7 Å². The third-order valence-electron chi connectivity index (χ3n) is 5.31. The van der Waals surface area contributed by atoms with Gasteiger partial charge < -0.3 is 10.2 Å². The van der Waals surface area contributed by atoms with Gasteiger partial charge >= 0.3 is 0 Å². The monoisotopic (exact) mass is 282 g/mol. The van der Waals surface area contributed by atoms with Crippen LogP contribution in [0.5, 0.6) is 0 Å². The highest BCUT2D eigenvalue weighted by molar-refractivity contribution is 5.01. The summed E-state index contributed by atoms with van der Waals surface area (Å²) in [4.78, 5) is 2.52. The molecule has 0 aromatic rings. The van der Waals surface area contributed by atoms with E-state index in [0.29, 0.717) is 17.0 Å². The van der Waals surface area contributed by atoms with E-state index < -0.39 is 0 Å². The fourth-order valence-corrected chi connectivity index (χ4v) is 3.75. The molecule has 1 fully saturated rings. The quantitative estimate of drug-likeness (QED) is 0.781. The third-order valence-corrected chi connectivity index (χ3v) is 5.31. The molecule has 0 heterocycles. The molecule has 1 aliphatic carbocycles. The van der Waals surface area contributed by atoms with E-state index in [-0.39, 0.29) is 0 Å². The summed E-state index contributed by atoms with van der Waals surface area (Å²) in [6, 6.07) is 0.634. The molecule has 0 radical (unpaired) electrons. The number of rotatable bonds is 6. The van der Waals surface area contributed by atoms with Crippen molar-refractivity contribution < 1.29 is 0 Å². The van der Waals surface area contributed by atoms with Crippen LogP contribution in [0.15, 0.2) is 0 Å². The average molecular weight is 283 g/mol. The number of nitrogens with zero attached hydrogens (tertiary/aromatic N) is 1. The highest BCUT2D eigenvalue weighted by Gasteiger charge is 2.42. The van der Waals surface area contributed by atoms with Crippen LogP contribution in [-0.4, -0.2) is 37.1 Å². The van der Waals surface area contributed by atoms with Crippen LogP contribution >= 0.6 is 0 Å². The molecule has 1 saturated carbocycles. The largest absolute Gasteiger partial charge is 0.312 e. The first-order valence-electron chi connectivity index (χ1n) is 8.62. The topological polar surface area (TPSA) is 15.3 Å². The molecule has 2 nitrogen and oxygen atoms in total. The highest BCUT2D eigenvalue weighted by atomic mass is 15.2. The van der Waals surface area contributed by atoms with E-state index in [1.165, 1.54) is 38.5 Å². The van der Waals surface area contributed by atoms with Crippen LogP contribution in [0, 0.1) is 11.3 Å². The van der Waals surface area contributed by atoms with Gasteiger partial charge in [-0.1, -0.05) is 34.6 Å². The molecule has 0 aromatic heterocycles. The van der Waals surface area contributed by atoms with E-state index in [0.717, 1.165) is 12.5 Å². The predicted octanol–water partition coefficient (Wildman–Crippen LogP) is 4.30. The Morgan fingerprint density at radius 2 is 1.75 bits per heavy atom. The van der Waals surface area contributed by atoms with Crippen molar-refractivity contribution in [3.63, 3.8) is 0 Å².